The van der Waals surface area contributed by atoms with Crippen LogP contribution < -0.4 is 0 Å². The fourth-order valence-corrected chi connectivity index (χ4v) is 3.87. The maximum atomic E-state index is 12.9. The Bertz CT molecular complexity index is 755. The van der Waals surface area contributed by atoms with Crippen LogP contribution in [0.3, 0.4) is 0 Å². The monoisotopic (exact) mass is 310 g/mol. The van der Waals surface area contributed by atoms with Gasteiger partial charge in [0.25, 0.3) is 0 Å². The molecule has 2 aromatic rings. The van der Waals surface area contributed by atoms with E-state index < -0.39 is 10.0 Å². The van der Waals surface area contributed by atoms with Gasteiger partial charge in [0.2, 0.25) is 10.0 Å². The van der Waals surface area contributed by atoms with Crippen LogP contribution in [0.25, 0.3) is 0 Å². The molecule has 0 radical (unpaired) electrons. The zero-order valence-electron chi connectivity index (χ0n) is 11.5. The van der Waals surface area contributed by atoms with Crippen molar-refractivity contribution in [2.75, 3.05) is 6.54 Å². The summed E-state index contributed by atoms with van der Waals surface area (Å²) in [4.78, 5) is 0. The van der Waals surface area contributed by atoms with Crippen molar-refractivity contribution in [2.45, 2.75) is 25.8 Å². The number of nitrogens with zero attached hydrogens (tertiary/aromatic N) is 4. The number of aromatic nitrogens is 3. The van der Waals surface area contributed by atoms with Gasteiger partial charge in [0.15, 0.2) is 0 Å². The third-order valence-electron chi connectivity index (χ3n) is 3.56. The highest BCUT2D eigenvalue weighted by atomic mass is 32.2. The minimum Gasteiger partial charge on any atom is -0.313 e. The van der Waals surface area contributed by atoms with Gasteiger partial charge in [-0.3, -0.25) is 0 Å². The molecule has 2 heterocycles. The van der Waals surface area contributed by atoms with Gasteiger partial charge in [-0.25, -0.2) is 12.8 Å². The average Bonchev–Trinajstić information content (AvgIpc) is 2.82. The van der Waals surface area contributed by atoms with Gasteiger partial charge in [-0.15, -0.1) is 10.2 Å². The van der Waals surface area contributed by atoms with E-state index in [1.807, 2.05) is 11.5 Å². The van der Waals surface area contributed by atoms with Gasteiger partial charge in [0, 0.05) is 13.1 Å². The highest BCUT2D eigenvalue weighted by Crippen LogP contribution is 2.18. The molecule has 0 spiro atoms. The Morgan fingerprint density at radius 2 is 1.90 bits per heavy atom. The van der Waals surface area contributed by atoms with Crippen molar-refractivity contribution < 1.29 is 12.8 Å². The first-order chi connectivity index (χ1) is 9.95. The molecule has 0 saturated heterocycles. The number of aryl methyl sites for hydroxylation is 1. The molecule has 1 aliphatic heterocycles. The molecule has 1 aliphatic rings. The van der Waals surface area contributed by atoms with E-state index in [1.54, 1.807) is 0 Å². The van der Waals surface area contributed by atoms with Gasteiger partial charge in [-0.05, 0) is 24.6 Å². The van der Waals surface area contributed by atoms with Crippen molar-refractivity contribution in [1.82, 2.24) is 19.1 Å². The number of rotatable bonds is 3. The topological polar surface area (TPSA) is 68.1 Å². The number of benzene rings is 1. The second-order valence-electron chi connectivity index (χ2n) is 5.03. The number of hydrogen-bond donors (Lipinski definition) is 0. The second-order valence-corrected chi connectivity index (χ2v) is 7.00. The lowest BCUT2D eigenvalue weighted by Crippen LogP contribution is -2.39. The predicted octanol–water partition coefficient (Wildman–Crippen LogP) is 1.07. The Balaban J connectivity index is 1.78. The molecule has 8 heteroatoms. The number of halogens is 1. The van der Waals surface area contributed by atoms with E-state index in [0.717, 1.165) is 5.82 Å². The fraction of sp³-hybridized carbons (Fsp3) is 0.385. The van der Waals surface area contributed by atoms with Crippen molar-refractivity contribution in [1.29, 1.82) is 0 Å². The van der Waals surface area contributed by atoms with E-state index in [0.29, 0.717) is 24.5 Å². The Hall–Kier alpha value is -1.80. The molecule has 0 aliphatic carbocycles. The lowest BCUT2D eigenvalue weighted by atomic mass is 10.2. The molecule has 1 aromatic heterocycles. The third-order valence-corrected chi connectivity index (χ3v) is 5.36. The fourth-order valence-electron chi connectivity index (χ4n) is 2.40. The largest absolute Gasteiger partial charge is 0.313 e. The van der Waals surface area contributed by atoms with Crippen LogP contribution in [-0.2, 0) is 28.9 Å². The molecule has 112 valence electrons. The molecule has 0 N–H and O–H groups in total. The molecule has 1 aromatic carbocycles. The van der Waals surface area contributed by atoms with Crippen molar-refractivity contribution >= 4 is 10.0 Å². The number of sulfonamides is 1. The van der Waals surface area contributed by atoms with Crippen molar-refractivity contribution in [3.63, 3.8) is 0 Å². The smallest absolute Gasteiger partial charge is 0.218 e. The van der Waals surface area contributed by atoms with Crippen molar-refractivity contribution in [2.24, 2.45) is 0 Å². The lowest BCUT2D eigenvalue weighted by molar-refractivity contribution is 0.333. The van der Waals surface area contributed by atoms with Crippen LogP contribution in [0.2, 0.25) is 0 Å². The maximum Gasteiger partial charge on any atom is 0.218 e. The summed E-state index contributed by atoms with van der Waals surface area (Å²) in [6.07, 6.45) is 0. The minimum absolute atomic E-state index is 0.138. The highest BCUT2D eigenvalue weighted by Gasteiger charge is 2.28. The molecule has 3 rings (SSSR count). The first kappa shape index (κ1) is 14.2. The molecule has 0 saturated carbocycles. The SMILES string of the molecule is Cc1nnc2n1CCN(S(=O)(=O)Cc1ccc(F)cc1)C2. The molecule has 0 atom stereocenters. The van der Waals surface area contributed by atoms with E-state index in [4.69, 9.17) is 0 Å². The van der Waals surface area contributed by atoms with E-state index in [-0.39, 0.29) is 18.1 Å². The molecule has 0 bridgehead atoms. The van der Waals surface area contributed by atoms with E-state index in [9.17, 15) is 12.8 Å². The summed E-state index contributed by atoms with van der Waals surface area (Å²) >= 11 is 0. The molecule has 0 amide bonds. The quantitative estimate of drug-likeness (QED) is 0.850. The van der Waals surface area contributed by atoms with Gasteiger partial charge < -0.3 is 4.57 Å². The predicted molar refractivity (Wildman–Crippen MR) is 74.2 cm³/mol. The Labute approximate surface area is 122 Å². The minimum atomic E-state index is -3.45. The average molecular weight is 310 g/mol. The maximum absolute atomic E-state index is 12.9. The zero-order chi connectivity index (χ0) is 15.0. The van der Waals surface area contributed by atoms with Gasteiger partial charge in [0.05, 0.1) is 12.3 Å². The van der Waals surface area contributed by atoms with E-state index in [1.165, 1.54) is 28.6 Å². The molecule has 6 nitrogen and oxygen atoms in total. The summed E-state index contributed by atoms with van der Waals surface area (Å²) in [6, 6.07) is 5.51. The second kappa shape index (κ2) is 5.19. The number of hydrogen-bond acceptors (Lipinski definition) is 4. The van der Waals surface area contributed by atoms with Crippen LogP contribution in [0, 0.1) is 12.7 Å². The summed E-state index contributed by atoms with van der Waals surface area (Å²) in [5.41, 5.74) is 0.569. The van der Waals surface area contributed by atoms with Crippen LogP contribution in [0.1, 0.15) is 17.2 Å². The Morgan fingerprint density at radius 3 is 2.62 bits per heavy atom. The third kappa shape index (κ3) is 2.81. The van der Waals surface area contributed by atoms with Gasteiger partial charge in [-0.1, -0.05) is 12.1 Å². The molecule has 0 unspecified atom stereocenters. The highest BCUT2D eigenvalue weighted by molar-refractivity contribution is 7.88. The summed E-state index contributed by atoms with van der Waals surface area (Å²) in [5, 5.41) is 7.95. The van der Waals surface area contributed by atoms with Crippen molar-refractivity contribution in [3.05, 3.63) is 47.3 Å². The Kier molecular flexibility index (Phi) is 3.50. The molecule has 21 heavy (non-hydrogen) atoms. The van der Waals surface area contributed by atoms with Crippen LogP contribution in [0.5, 0.6) is 0 Å². The first-order valence-electron chi connectivity index (χ1n) is 6.57. The number of fused-ring (bicyclic) bond motifs is 1. The van der Waals surface area contributed by atoms with Gasteiger partial charge in [0.1, 0.15) is 17.5 Å². The Morgan fingerprint density at radius 1 is 1.19 bits per heavy atom. The van der Waals surface area contributed by atoms with Crippen LogP contribution in [0.4, 0.5) is 4.39 Å². The summed E-state index contributed by atoms with van der Waals surface area (Å²) in [5.74, 6) is 0.931. The van der Waals surface area contributed by atoms with Crippen LogP contribution in [0.15, 0.2) is 24.3 Å². The van der Waals surface area contributed by atoms with Gasteiger partial charge in [-0.2, -0.15) is 4.31 Å². The zero-order valence-corrected chi connectivity index (χ0v) is 12.3. The summed E-state index contributed by atoms with van der Waals surface area (Å²) in [6.45, 7) is 3.02. The van der Waals surface area contributed by atoms with E-state index >= 15 is 0 Å². The van der Waals surface area contributed by atoms with Crippen molar-refractivity contribution in [3.8, 4) is 0 Å². The van der Waals surface area contributed by atoms with Gasteiger partial charge >= 0.3 is 0 Å². The molecular weight excluding hydrogens is 295 g/mol. The van der Waals surface area contributed by atoms with Crippen LogP contribution >= 0.6 is 0 Å². The molecule has 0 fully saturated rings. The summed E-state index contributed by atoms with van der Waals surface area (Å²) < 4.78 is 41.0. The lowest BCUT2D eigenvalue weighted by Gasteiger charge is -2.26. The standard InChI is InChI=1S/C13H15FN4O2S/c1-10-15-16-13-8-17(6-7-18(10)13)21(19,20)9-11-2-4-12(14)5-3-11/h2-5H,6-9H2,1H3. The first-order valence-corrected chi connectivity index (χ1v) is 8.17. The molecular formula is C13H15FN4O2S. The summed E-state index contributed by atoms with van der Waals surface area (Å²) in [7, 11) is -3.45. The van der Waals surface area contributed by atoms with E-state index in [2.05, 4.69) is 10.2 Å². The van der Waals surface area contributed by atoms with Crippen LogP contribution in [-0.4, -0.2) is 34.0 Å². The normalized spacial score (nSPS) is 15.9.